The summed E-state index contributed by atoms with van der Waals surface area (Å²) in [6, 6.07) is 27.7. The maximum absolute atomic E-state index is 11.9. The van der Waals surface area contributed by atoms with Crippen LogP contribution in [-0.2, 0) is 22.7 Å². The van der Waals surface area contributed by atoms with Crippen molar-refractivity contribution in [3.8, 4) is 17.2 Å². The highest BCUT2D eigenvalue weighted by molar-refractivity contribution is 5.84. The number of carbonyl (C=O) groups is 1. The Morgan fingerprint density at radius 1 is 0.808 bits per heavy atom. The number of methoxy groups -OCH3 is 1. The number of rotatable bonds is 16. The van der Waals surface area contributed by atoms with Gasteiger partial charge in [-0.05, 0) is 65.3 Å². The lowest BCUT2D eigenvalue weighted by atomic mass is 9.84. The number of amides is 1. The van der Waals surface area contributed by atoms with Gasteiger partial charge in [-0.1, -0.05) is 48.5 Å². The lowest BCUT2D eigenvalue weighted by molar-refractivity contribution is -0.0660. The van der Waals surface area contributed by atoms with Gasteiger partial charge in [0.15, 0.2) is 0 Å². The normalized spacial score (nSPS) is 19.8. The monoisotopic (exact) mass is 713 g/mol. The lowest BCUT2D eigenvalue weighted by Crippen LogP contribution is -2.53. The number of nitrogens with zero attached hydrogens (tertiary/aromatic N) is 3. The molecule has 2 fully saturated rings. The molecule has 11 heteroatoms. The zero-order valence-corrected chi connectivity index (χ0v) is 30.2. The number of carboxylic acid groups (broad SMARTS) is 1. The lowest BCUT2D eigenvalue weighted by Gasteiger charge is -2.40. The van der Waals surface area contributed by atoms with Crippen molar-refractivity contribution in [1.29, 1.82) is 0 Å². The number of ether oxygens (including phenoxy) is 5. The molecule has 2 saturated heterocycles. The van der Waals surface area contributed by atoms with Gasteiger partial charge in [0, 0.05) is 50.6 Å². The minimum absolute atomic E-state index is 0.0144. The van der Waals surface area contributed by atoms with E-state index < -0.39 is 24.2 Å². The summed E-state index contributed by atoms with van der Waals surface area (Å²) in [6.07, 6.45) is -1.83. The summed E-state index contributed by atoms with van der Waals surface area (Å²) in [5, 5.41) is 23.1. The molecule has 3 unspecified atom stereocenters. The average Bonchev–Trinajstić information content (AvgIpc) is 3.16. The van der Waals surface area contributed by atoms with Crippen LogP contribution in [0.15, 0.2) is 84.9 Å². The van der Waals surface area contributed by atoms with Crippen molar-refractivity contribution in [2.24, 2.45) is 0 Å². The first-order valence-corrected chi connectivity index (χ1v) is 18.1. The Hall–Kier alpha value is -4.39. The van der Waals surface area contributed by atoms with E-state index in [9.17, 15) is 15.0 Å². The van der Waals surface area contributed by atoms with E-state index in [1.165, 1.54) is 4.90 Å². The maximum atomic E-state index is 11.9. The number of piperidine rings is 1. The van der Waals surface area contributed by atoms with E-state index in [2.05, 4.69) is 41.1 Å². The van der Waals surface area contributed by atoms with Crippen LogP contribution in [0.1, 0.15) is 29.0 Å². The van der Waals surface area contributed by atoms with Gasteiger partial charge in [0.1, 0.15) is 23.9 Å². The SMILES string of the molecule is COc1ccccc1COCCCOc1ccc(C2C(O)CN(C(=O)O)CC2OCc2ccc3ccc(OCCN4CCN(C)CC4)cc3c2)cc1. The third-order valence-electron chi connectivity index (χ3n) is 9.92. The Labute approximate surface area is 306 Å². The molecule has 2 aliphatic rings. The molecule has 4 aromatic rings. The van der Waals surface area contributed by atoms with E-state index in [4.69, 9.17) is 23.7 Å². The van der Waals surface area contributed by atoms with Crippen LogP contribution in [-0.4, -0.2) is 123 Å². The molecular formula is C41H51N3O8. The Morgan fingerprint density at radius 2 is 1.56 bits per heavy atom. The molecule has 2 aliphatic heterocycles. The van der Waals surface area contributed by atoms with E-state index in [1.54, 1.807) is 7.11 Å². The second-order valence-electron chi connectivity index (χ2n) is 13.6. The molecule has 6 rings (SSSR count). The molecular weight excluding hydrogens is 662 g/mol. The first-order valence-electron chi connectivity index (χ1n) is 18.1. The van der Waals surface area contributed by atoms with Gasteiger partial charge in [-0.25, -0.2) is 4.79 Å². The van der Waals surface area contributed by atoms with Gasteiger partial charge in [0.2, 0.25) is 0 Å². The minimum atomic E-state index is -1.08. The fourth-order valence-electron chi connectivity index (χ4n) is 6.90. The zero-order valence-electron chi connectivity index (χ0n) is 30.2. The van der Waals surface area contributed by atoms with Gasteiger partial charge in [-0.2, -0.15) is 0 Å². The van der Waals surface area contributed by atoms with Crippen LogP contribution in [0, 0.1) is 0 Å². The third kappa shape index (κ3) is 10.1. The van der Waals surface area contributed by atoms with Crippen LogP contribution in [0.25, 0.3) is 10.8 Å². The van der Waals surface area contributed by atoms with E-state index in [0.29, 0.717) is 32.2 Å². The van der Waals surface area contributed by atoms with Crippen LogP contribution in [0.3, 0.4) is 0 Å². The molecule has 52 heavy (non-hydrogen) atoms. The van der Waals surface area contributed by atoms with Crippen LogP contribution < -0.4 is 14.2 Å². The molecule has 0 aromatic heterocycles. The first-order chi connectivity index (χ1) is 25.4. The molecule has 0 spiro atoms. The quantitative estimate of drug-likeness (QED) is 0.145. The van der Waals surface area contributed by atoms with Crippen molar-refractivity contribution in [3.05, 3.63) is 102 Å². The Balaban J connectivity index is 1.02. The number of aliphatic hydroxyl groups excluding tert-OH is 1. The fourth-order valence-corrected chi connectivity index (χ4v) is 6.90. The Bertz CT molecular complexity index is 1730. The molecule has 278 valence electrons. The van der Waals surface area contributed by atoms with E-state index in [0.717, 1.165) is 78.1 Å². The molecule has 0 bridgehead atoms. The van der Waals surface area contributed by atoms with Crippen LogP contribution in [0.5, 0.6) is 17.2 Å². The number of hydrogen-bond acceptors (Lipinski definition) is 9. The van der Waals surface area contributed by atoms with Crippen LogP contribution >= 0.6 is 0 Å². The van der Waals surface area contributed by atoms with Crippen molar-refractivity contribution in [3.63, 3.8) is 0 Å². The van der Waals surface area contributed by atoms with E-state index >= 15 is 0 Å². The molecule has 3 atom stereocenters. The minimum Gasteiger partial charge on any atom is -0.496 e. The Kier molecular flexibility index (Phi) is 13.2. The van der Waals surface area contributed by atoms with Gasteiger partial charge < -0.3 is 43.7 Å². The van der Waals surface area contributed by atoms with Crippen molar-refractivity contribution in [1.82, 2.24) is 14.7 Å². The summed E-state index contributed by atoms with van der Waals surface area (Å²) in [6.45, 7) is 7.79. The average molecular weight is 714 g/mol. The molecule has 1 amide bonds. The number of benzene rings is 4. The Morgan fingerprint density at radius 3 is 2.35 bits per heavy atom. The van der Waals surface area contributed by atoms with Gasteiger partial charge in [-0.3, -0.25) is 4.90 Å². The van der Waals surface area contributed by atoms with Gasteiger partial charge in [0.25, 0.3) is 0 Å². The topological polar surface area (TPSA) is 113 Å². The van der Waals surface area contributed by atoms with Crippen molar-refractivity contribution >= 4 is 16.9 Å². The standard InChI is InChI=1S/C41H51N3O8/c1-42-16-18-43(19-17-42)20-23-51-36-15-10-31-9-8-30(24-34(31)25-36)28-52-39-27-44(41(46)47)26-37(45)40(39)32-11-13-35(14-12-32)50-22-5-21-49-29-33-6-3-4-7-38(33)48-2/h3-4,6-15,24-25,37,39-40,45H,5,16-23,26-29H2,1-2H3,(H,46,47). The summed E-state index contributed by atoms with van der Waals surface area (Å²) in [5.41, 5.74) is 2.83. The van der Waals surface area contributed by atoms with Gasteiger partial charge in [0.05, 0.1) is 58.8 Å². The molecule has 0 saturated carbocycles. The summed E-state index contributed by atoms with van der Waals surface area (Å²) >= 11 is 0. The van der Waals surface area contributed by atoms with Gasteiger partial charge >= 0.3 is 6.09 Å². The molecule has 2 heterocycles. The van der Waals surface area contributed by atoms with Gasteiger partial charge in [-0.15, -0.1) is 0 Å². The number of para-hydroxylation sites is 1. The number of likely N-dealkylation sites (N-methyl/N-ethyl adjacent to an activating group) is 1. The predicted octanol–water partition coefficient (Wildman–Crippen LogP) is 5.48. The predicted molar refractivity (Wildman–Crippen MR) is 200 cm³/mol. The maximum Gasteiger partial charge on any atom is 0.407 e. The fraction of sp³-hybridized carbons (Fsp3) is 0.439. The number of likely N-dealkylation sites (tertiary alicyclic amines) is 1. The first kappa shape index (κ1) is 37.4. The zero-order chi connectivity index (χ0) is 36.3. The molecule has 4 aromatic carbocycles. The number of piperazine rings is 1. The van der Waals surface area contributed by atoms with E-state index in [-0.39, 0.29) is 19.7 Å². The van der Waals surface area contributed by atoms with Crippen molar-refractivity contribution < 1.29 is 38.7 Å². The summed E-state index contributed by atoms with van der Waals surface area (Å²) in [5.74, 6) is 1.94. The summed E-state index contributed by atoms with van der Waals surface area (Å²) < 4.78 is 29.7. The third-order valence-corrected chi connectivity index (χ3v) is 9.92. The number of fused-ring (bicyclic) bond motifs is 1. The summed E-state index contributed by atoms with van der Waals surface area (Å²) in [7, 11) is 3.81. The highest BCUT2D eigenvalue weighted by atomic mass is 16.5. The van der Waals surface area contributed by atoms with Crippen molar-refractivity contribution in [2.45, 2.75) is 37.8 Å². The smallest absolute Gasteiger partial charge is 0.407 e. The summed E-state index contributed by atoms with van der Waals surface area (Å²) in [4.78, 5) is 18.0. The van der Waals surface area contributed by atoms with Crippen molar-refractivity contribution in [2.75, 3.05) is 79.8 Å². The second kappa shape index (κ2) is 18.4. The largest absolute Gasteiger partial charge is 0.496 e. The molecule has 0 aliphatic carbocycles. The number of β-amino-alcohol motifs (C(OH)–C–C–N with tert-alkyl or cyclic N) is 1. The number of aliphatic hydroxyl groups is 1. The van der Waals surface area contributed by atoms with Crippen LogP contribution in [0.2, 0.25) is 0 Å². The van der Waals surface area contributed by atoms with E-state index in [1.807, 2.05) is 60.7 Å². The molecule has 11 nitrogen and oxygen atoms in total. The molecule has 2 N–H and O–H groups in total. The van der Waals surface area contributed by atoms with Crippen LogP contribution in [0.4, 0.5) is 4.79 Å². The number of hydrogen-bond donors (Lipinski definition) is 2. The molecule has 0 radical (unpaired) electrons. The highest BCUT2D eigenvalue weighted by Gasteiger charge is 2.39. The highest BCUT2D eigenvalue weighted by Crippen LogP contribution is 2.33. The second-order valence-corrected chi connectivity index (χ2v) is 13.6.